The third-order valence-electron chi connectivity index (χ3n) is 8.14. The maximum Gasteiger partial charge on any atom is 0.405 e. The zero-order valence-electron chi connectivity index (χ0n) is 19.3. The van der Waals surface area contributed by atoms with E-state index in [9.17, 15) is 4.79 Å². The van der Waals surface area contributed by atoms with Gasteiger partial charge in [-0.3, -0.25) is 0 Å². The predicted molar refractivity (Wildman–Crippen MR) is 126 cm³/mol. The fraction of sp³-hybridized carbons (Fsp3) is 0.500. The Kier molecular flexibility index (Phi) is 5.37. The predicted octanol–water partition coefficient (Wildman–Crippen LogP) is 5.37. The Morgan fingerprint density at radius 3 is 2.48 bits per heavy atom. The molecule has 4 aliphatic rings. The first-order valence-corrected chi connectivity index (χ1v) is 11.9. The van der Waals surface area contributed by atoms with Crippen molar-refractivity contribution >= 4 is 17.7 Å². The zero-order valence-corrected chi connectivity index (χ0v) is 20.0. The van der Waals surface area contributed by atoms with Crippen molar-refractivity contribution in [2.24, 2.45) is 23.0 Å². The summed E-state index contributed by atoms with van der Waals surface area (Å²) >= 11 is 6.47. The van der Waals surface area contributed by atoms with Crippen LogP contribution in [-0.2, 0) is 16.8 Å². The molecule has 176 valence electrons. The molecule has 3 fully saturated rings. The van der Waals surface area contributed by atoms with Crippen LogP contribution in [0.5, 0.6) is 5.75 Å². The number of rotatable bonds is 4. The van der Waals surface area contributed by atoms with E-state index in [1.165, 1.54) is 0 Å². The molecule has 2 aromatic rings. The van der Waals surface area contributed by atoms with Gasteiger partial charge in [-0.2, -0.15) is 0 Å². The molecule has 2 atom stereocenters. The Morgan fingerprint density at radius 2 is 1.91 bits per heavy atom. The molecule has 0 aromatic heterocycles. The number of methoxy groups -OCH3 is 1. The highest BCUT2D eigenvalue weighted by molar-refractivity contribution is 6.33. The lowest BCUT2D eigenvalue weighted by atomic mass is 9.60. The second-order valence-corrected chi connectivity index (χ2v) is 10.7. The molecule has 0 spiro atoms. The normalized spacial score (nSPS) is 29.5. The maximum atomic E-state index is 15.7. The van der Waals surface area contributed by atoms with E-state index in [0.29, 0.717) is 34.2 Å². The van der Waals surface area contributed by atoms with Crippen LogP contribution in [-0.4, -0.2) is 37.7 Å². The van der Waals surface area contributed by atoms with Gasteiger partial charge in [0.15, 0.2) is 0 Å². The first-order valence-electron chi connectivity index (χ1n) is 11.5. The van der Waals surface area contributed by atoms with Crippen LogP contribution in [0.2, 0.25) is 5.02 Å². The lowest BCUT2D eigenvalue weighted by Gasteiger charge is -2.55. The highest BCUT2D eigenvalue weighted by atomic mass is 35.5. The smallest absolute Gasteiger partial charge is 0.405 e. The molecule has 1 amide bonds. The molecule has 3 aliphatic heterocycles. The average Bonchev–Trinajstić information content (AvgIpc) is 2.99. The molecule has 7 heteroatoms. The van der Waals surface area contributed by atoms with Gasteiger partial charge >= 0.3 is 6.09 Å². The summed E-state index contributed by atoms with van der Waals surface area (Å²) in [5, 5.41) is 0.419. The van der Waals surface area contributed by atoms with Crippen LogP contribution >= 0.6 is 11.6 Å². The SMILES string of the molecule is COc1ccc(-c2cc3c(cc2F)[C@](OC(N)=O)(C2CN4CCC2CC4)C(C)(C)C3)c(Cl)c1. The molecule has 6 rings (SSSR count). The number of nitrogens with zero attached hydrogens (tertiary/aromatic N) is 1. The minimum absolute atomic E-state index is 0.0681. The van der Waals surface area contributed by atoms with E-state index in [2.05, 4.69) is 18.7 Å². The summed E-state index contributed by atoms with van der Waals surface area (Å²) in [6.45, 7) is 7.15. The number of nitrogens with two attached hydrogens (primary N) is 1. The van der Waals surface area contributed by atoms with Crippen LogP contribution in [0.3, 0.4) is 0 Å². The molecule has 2 aromatic carbocycles. The van der Waals surface area contributed by atoms with E-state index in [4.69, 9.17) is 26.8 Å². The first kappa shape index (κ1) is 22.5. The van der Waals surface area contributed by atoms with Gasteiger partial charge in [-0.1, -0.05) is 25.4 Å². The Morgan fingerprint density at radius 1 is 1.18 bits per heavy atom. The number of hydrogen-bond acceptors (Lipinski definition) is 4. The summed E-state index contributed by atoms with van der Waals surface area (Å²) in [5.41, 5.74) is 6.99. The van der Waals surface area contributed by atoms with Gasteiger partial charge in [0.2, 0.25) is 0 Å². The van der Waals surface area contributed by atoms with Crippen LogP contribution in [0.1, 0.15) is 37.8 Å². The van der Waals surface area contributed by atoms with Crippen LogP contribution in [0, 0.1) is 23.1 Å². The van der Waals surface area contributed by atoms with Crippen LogP contribution in [0.4, 0.5) is 9.18 Å². The fourth-order valence-corrected chi connectivity index (χ4v) is 6.96. The van der Waals surface area contributed by atoms with Crippen molar-refractivity contribution in [1.29, 1.82) is 0 Å². The van der Waals surface area contributed by atoms with E-state index < -0.39 is 22.9 Å². The molecule has 33 heavy (non-hydrogen) atoms. The van der Waals surface area contributed by atoms with Gasteiger partial charge in [0, 0.05) is 34.6 Å². The summed E-state index contributed by atoms with van der Waals surface area (Å²) in [6.07, 6.45) is 1.96. The molecule has 5 nitrogen and oxygen atoms in total. The molecular weight excluding hydrogens is 443 g/mol. The van der Waals surface area contributed by atoms with Crippen molar-refractivity contribution < 1.29 is 18.7 Å². The molecule has 3 saturated heterocycles. The number of piperidine rings is 3. The molecule has 1 unspecified atom stereocenters. The van der Waals surface area contributed by atoms with Gasteiger partial charge in [0.1, 0.15) is 17.2 Å². The highest BCUT2D eigenvalue weighted by Crippen LogP contribution is 2.61. The summed E-state index contributed by atoms with van der Waals surface area (Å²) < 4.78 is 27.0. The summed E-state index contributed by atoms with van der Waals surface area (Å²) in [4.78, 5) is 14.7. The first-order chi connectivity index (χ1) is 15.7. The third-order valence-corrected chi connectivity index (χ3v) is 8.45. The Balaban J connectivity index is 1.67. The number of halogens is 2. The molecule has 3 heterocycles. The van der Waals surface area contributed by atoms with Crippen molar-refractivity contribution in [1.82, 2.24) is 4.90 Å². The largest absolute Gasteiger partial charge is 0.497 e. The topological polar surface area (TPSA) is 64.8 Å². The number of hydrogen-bond donors (Lipinski definition) is 1. The van der Waals surface area contributed by atoms with Gasteiger partial charge < -0.3 is 20.1 Å². The van der Waals surface area contributed by atoms with Crippen molar-refractivity contribution in [2.75, 3.05) is 26.7 Å². The van der Waals surface area contributed by atoms with Gasteiger partial charge in [-0.05, 0) is 74.2 Å². The molecule has 2 N–H and O–H groups in total. The molecule has 2 bridgehead atoms. The van der Waals surface area contributed by atoms with Crippen molar-refractivity contribution in [3.63, 3.8) is 0 Å². The van der Waals surface area contributed by atoms with E-state index in [1.807, 2.05) is 6.07 Å². The summed E-state index contributed by atoms with van der Waals surface area (Å²) in [6, 6.07) is 8.65. The van der Waals surface area contributed by atoms with Gasteiger partial charge in [0.25, 0.3) is 0 Å². The number of carbonyl (C=O) groups is 1. The minimum Gasteiger partial charge on any atom is -0.497 e. The Bertz CT molecular complexity index is 1110. The lowest BCUT2D eigenvalue weighted by molar-refractivity contribution is -0.157. The quantitative estimate of drug-likeness (QED) is 0.649. The lowest BCUT2D eigenvalue weighted by Crippen LogP contribution is -2.60. The molecule has 1 aliphatic carbocycles. The van der Waals surface area contributed by atoms with Crippen LogP contribution in [0.25, 0.3) is 11.1 Å². The monoisotopic (exact) mass is 472 g/mol. The van der Waals surface area contributed by atoms with E-state index in [0.717, 1.165) is 43.6 Å². The van der Waals surface area contributed by atoms with Gasteiger partial charge in [0.05, 0.1) is 12.1 Å². The van der Waals surface area contributed by atoms with E-state index >= 15 is 4.39 Å². The Hall–Kier alpha value is -2.31. The second-order valence-electron chi connectivity index (χ2n) is 10.3. The number of carbonyl (C=O) groups excluding carboxylic acids is 1. The van der Waals surface area contributed by atoms with Gasteiger partial charge in [-0.15, -0.1) is 0 Å². The third kappa shape index (κ3) is 3.41. The van der Waals surface area contributed by atoms with Crippen LogP contribution < -0.4 is 10.5 Å². The van der Waals surface area contributed by atoms with Crippen LogP contribution in [0.15, 0.2) is 30.3 Å². The van der Waals surface area contributed by atoms with Gasteiger partial charge in [-0.25, -0.2) is 9.18 Å². The zero-order chi connectivity index (χ0) is 23.5. The second kappa shape index (κ2) is 7.88. The number of fused-ring (bicyclic) bond motifs is 4. The number of amides is 1. The molecule has 0 saturated carbocycles. The maximum absolute atomic E-state index is 15.7. The van der Waals surface area contributed by atoms with Crippen molar-refractivity contribution in [2.45, 2.75) is 38.7 Å². The molecular formula is C26H30ClFN2O3. The highest BCUT2D eigenvalue weighted by Gasteiger charge is 2.63. The number of ether oxygens (including phenoxy) is 2. The number of primary amides is 1. The standard InChI is InChI=1S/C26H30ClFN2O3/c1-25(2)13-16-10-19(18-5-4-17(32-3)11-22(18)27)23(28)12-20(16)26(25,33-24(29)31)21-14-30-8-6-15(21)7-9-30/h4-5,10-12,15,21H,6-9,13-14H2,1-3H3,(H2,29,31)/t21?,26-/m0/s1. The molecule has 0 radical (unpaired) electrons. The summed E-state index contributed by atoms with van der Waals surface area (Å²) in [5.74, 6) is 0.705. The van der Waals surface area contributed by atoms with E-state index in [-0.39, 0.29) is 5.92 Å². The van der Waals surface area contributed by atoms with Crippen molar-refractivity contribution in [3.8, 4) is 16.9 Å². The van der Waals surface area contributed by atoms with Crippen molar-refractivity contribution in [3.05, 3.63) is 52.3 Å². The van der Waals surface area contributed by atoms with E-state index in [1.54, 1.807) is 31.4 Å². The fourth-order valence-electron chi connectivity index (χ4n) is 6.68. The Labute approximate surface area is 199 Å². The summed E-state index contributed by atoms with van der Waals surface area (Å²) in [7, 11) is 1.57. The average molecular weight is 473 g/mol. The number of benzene rings is 2. The minimum atomic E-state index is -0.971.